The number of piperidine rings is 1. The van der Waals surface area contributed by atoms with Crippen molar-refractivity contribution in [2.24, 2.45) is 5.92 Å². The molecule has 1 fully saturated rings. The summed E-state index contributed by atoms with van der Waals surface area (Å²) in [6, 6.07) is 12.9. The molecule has 2 aromatic carbocycles. The van der Waals surface area contributed by atoms with Gasteiger partial charge in [0.05, 0.1) is 17.7 Å². The molecule has 1 aliphatic heterocycles. The van der Waals surface area contributed by atoms with Crippen LogP contribution in [-0.4, -0.2) is 45.5 Å². The molecular formula is C28H27ClF3N5O. The van der Waals surface area contributed by atoms with Crippen molar-refractivity contribution in [3.8, 4) is 5.69 Å². The highest BCUT2D eigenvalue weighted by atomic mass is 35.5. The fraction of sp³-hybridized carbons (Fsp3) is 0.321. The molecule has 0 unspecified atom stereocenters. The first-order valence-electron chi connectivity index (χ1n) is 12.4. The molecule has 1 N–H and O–H groups in total. The largest absolute Gasteiger partial charge is 0.416 e. The Morgan fingerprint density at radius 3 is 2.58 bits per heavy atom. The zero-order chi connectivity index (χ0) is 26.9. The van der Waals surface area contributed by atoms with Gasteiger partial charge in [-0.2, -0.15) is 13.2 Å². The lowest BCUT2D eigenvalue weighted by Gasteiger charge is -2.29. The smallest absolute Gasteiger partial charge is 0.326 e. The molecule has 10 heteroatoms. The van der Waals surface area contributed by atoms with E-state index in [1.54, 1.807) is 47.4 Å². The molecule has 1 amide bonds. The minimum Gasteiger partial charge on any atom is -0.326 e. The van der Waals surface area contributed by atoms with Crippen LogP contribution in [0.15, 0.2) is 61.1 Å². The van der Waals surface area contributed by atoms with Crippen LogP contribution in [0.25, 0.3) is 16.9 Å². The lowest BCUT2D eigenvalue weighted by atomic mass is 9.88. The fourth-order valence-corrected chi connectivity index (χ4v) is 5.16. The Labute approximate surface area is 223 Å². The van der Waals surface area contributed by atoms with Gasteiger partial charge in [-0.25, -0.2) is 9.97 Å². The normalized spacial score (nSPS) is 15.2. The maximum Gasteiger partial charge on any atom is 0.416 e. The van der Waals surface area contributed by atoms with Crippen LogP contribution in [0.1, 0.15) is 29.5 Å². The third-order valence-corrected chi connectivity index (χ3v) is 7.37. The number of halogens is 4. The van der Waals surface area contributed by atoms with Crippen LogP contribution in [0.4, 0.5) is 18.9 Å². The van der Waals surface area contributed by atoms with Gasteiger partial charge in [0.25, 0.3) is 0 Å². The molecule has 0 bridgehead atoms. The van der Waals surface area contributed by atoms with Crippen molar-refractivity contribution >= 4 is 34.4 Å². The topological polar surface area (TPSA) is 63.1 Å². The van der Waals surface area contributed by atoms with Gasteiger partial charge < -0.3 is 10.2 Å². The summed E-state index contributed by atoms with van der Waals surface area (Å²) >= 11 is 6.47. The van der Waals surface area contributed by atoms with Crippen LogP contribution in [-0.2, 0) is 23.8 Å². The number of imidazole rings is 1. The van der Waals surface area contributed by atoms with Crippen molar-refractivity contribution in [1.82, 2.24) is 19.4 Å². The average Bonchev–Trinajstić information content (AvgIpc) is 3.31. The van der Waals surface area contributed by atoms with E-state index in [1.165, 1.54) is 6.07 Å². The zero-order valence-electron chi connectivity index (χ0n) is 20.8. The van der Waals surface area contributed by atoms with E-state index in [1.807, 2.05) is 13.1 Å². The number of fused-ring (bicyclic) bond motifs is 1. The summed E-state index contributed by atoms with van der Waals surface area (Å²) in [6.07, 6.45) is 0.851. The maximum absolute atomic E-state index is 13.9. The zero-order valence-corrected chi connectivity index (χ0v) is 21.6. The lowest BCUT2D eigenvalue weighted by Crippen LogP contribution is -2.31. The molecule has 0 aliphatic carbocycles. The number of hydrogen-bond donors (Lipinski definition) is 1. The van der Waals surface area contributed by atoms with Gasteiger partial charge in [0.1, 0.15) is 11.8 Å². The number of carbonyl (C=O) groups excluding carboxylic acids is 1. The van der Waals surface area contributed by atoms with E-state index in [4.69, 9.17) is 11.6 Å². The molecule has 38 heavy (non-hydrogen) atoms. The Hall–Kier alpha value is -3.43. The summed E-state index contributed by atoms with van der Waals surface area (Å²) in [6.45, 7) is 1.78. The molecule has 0 saturated carbocycles. The SMILES string of the molecule is CN1CCC(Cc2ccc(NC(=O)Cc3ccc(-n4cnc5cccnc54)cc3Cl)cc2C(F)(F)F)CC1. The Kier molecular flexibility index (Phi) is 7.40. The third kappa shape index (κ3) is 5.84. The molecule has 0 radical (unpaired) electrons. The average molecular weight is 542 g/mol. The molecule has 5 rings (SSSR count). The highest BCUT2D eigenvalue weighted by Crippen LogP contribution is 2.36. The summed E-state index contributed by atoms with van der Waals surface area (Å²) < 4.78 is 43.4. The van der Waals surface area contributed by atoms with Crippen LogP contribution < -0.4 is 5.32 Å². The molecule has 6 nitrogen and oxygen atoms in total. The van der Waals surface area contributed by atoms with Crippen molar-refractivity contribution in [3.05, 3.63) is 82.8 Å². The van der Waals surface area contributed by atoms with Crippen molar-refractivity contribution < 1.29 is 18.0 Å². The van der Waals surface area contributed by atoms with E-state index in [2.05, 4.69) is 20.2 Å². The van der Waals surface area contributed by atoms with Gasteiger partial charge in [0.2, 0.25) is 5.91 Å². The summed E-state index contributed by atoms with van der Waals surface area (Å²) in [5.74, 6) is -0.237. The minimum absolute atomic E-state index is 0.0826. The lowest BCUT2D eigenvalue weighted by molar-refractivity contribution is -0.138. The maximum atomic E-state index is 13.9. The molecule has 3 heterocycles. The second kappa shape index (κ2) is 10.7. The van der Waals surface area contributed by atoms with E-state index >= 15 is 0 Å². The predicted molar refractivity (Wildman–Crippen MR) is 142 cm³/mol. The van der Waals surface area contributed by atoms with Crippen molar-refractivity contribution in [1.29, 1.82) is 0 Å². The van der Waals surface area contributed by atoms with E-state index < -0.39 is 17.6 Å². The predicted octanol–water partition coefficient (Wildman–Crippen LogP) is 6.16. The quantitative estimate of drug-likeness (QED) is 0.318. The molecule has 1 aliphatic rings. The highest BCUT2D eigenvalue weighted by Gasteiger charge is 2.34. The van der Waals surface area contributed by atoms with Crippen molar-refractivity contribution in [2.45, 2.75) is 31.9 Å². The van der Waals surface area contributed by atoms with Crippen LogP contribution in [0.5, 0.6) is 0 Å². The molecule has 1 saturated heterocycles. The van der Waals surface area contributed by atoms with Crippen LogP contribution in [0.3, 0.4) is 0 Å². The number of amides is 1. The van der Waals surface area contributed by atoms with Gasteiger partial charge in [-0.3, -0.25) is 9.36 Å². The van der Waals surface area contributed by atoms with Gasteiger partial charge >= 0.3 is 6.18 Å². The standard InChI is InChI=1S/C28H27ClF3N5O/c1-36-11-8-18(9-12-36)13-19-4-6-21(15-23(19)28(30,31)32)35-26(38)14-20-5-7-22(16-24(20)29)37-17-34-25-3-2-10-33-27(25)37/h2-7,10,15-18H,8-9,11-14H2,1H3,(H,35,38). The second-order valence-corrected chi connectivity index (χ2v) is 10.2. The minimum atomic E-state index is -4.51. The molecule has 0 spiro atoms. The highest BCUT2D eigenvalue weighted by molar-refractivity contribution is 6.31. The molecular weight excluding hydrogens is 515 g/mol. The first-order chi connectivity index (χ1) is 18.2. The first-order valence-corrected chi connectivity index (χ1v) is 12.8. The molecule has 2 aromatic heterocycles. The Morgan fingerprint density at radius 1 is 1.08 bits per heavy atom. The van der Waals surface area contributed by atoms with Crippen LogP contribution in [0, 0.1) is 5.92 Å². The number of nitrogens with zero attached hydrogens (tertiary/aromatic N) is 4. The van der Waals surface area contributed by atoms with Crippen molar-refractivity contribution in [2.75, 3.05) is 25.5 Å². The number of aromatic nitrogens is 3. The van der Waals surface area contributed by atoms with E-state index in [0.29, 0.717) is 22.7 Å². The fourth-order valence-electron chi connectivity index (χ4n) is 4.92. The van der Waals surface area contributed by atoms with Gasteiger partial charge in [-0.15, -0.1) is 0 Å². The van der Waals surface area contributed by atoms with Gasteiger partial charge in [-0.1, -0.05) is 23.7 Å². The van der Waals surface area contributed by atoms with Gasteiger partial charge in [0, 0.05) is 16.9 Å². The summed E-state index contributed by atoms with van der Waals surface area (Å²) in [5.41, 5.74) is 2.38. The number of alkyl halides is 3. The Bertz CT molecular complexity index is 1460. The number of hydrogen-bond acceptors (Lipinski definition) is 4. The number of anilines is 1. The number of benzene rings is 2. The summed E-state index contributed by atoms with van der Waals surface area (Å²) in [4.78, 5) is 23.6. The Morgan fingerprint density at radius 2 is 1.84 bits per heavy atom. The van der Waals surface area contributed by atoms with Crippen LogP contribution in [0.2, 0.25) is 5.02 Å². The number of pyridine rings is 1. The number of likely N-dealkylation sites (tertiary alicyclic amines) is 1. The number of carbonyl (C=O) groups is 1. The molecule has 0 atom stereocenters. The monoisotopic (exact) mass is 541 g/mol. The van der Waals surface area contributed by atoms with Gasteiger partial charge in [0.15, 0.2) is 5.65 Å². The number of nitrogens with one attached hydrogen (secondary N) is 1. The van der Waals surface area contributed by atoms with Crippen molar-refractivity contribution in [3.63, 3.8) is 0 Å². The third-order valence-electron chi connectivity index (χ3n) is 7.02. The van der Waals surface area contributed by atoms with E-state index in [9.17, 15) is 18.0 Å². The summed E-state index contributed by atoms with van der Waals surface area (Å²) in [5, 5.41) is 2.96. The van der Waals surface area contributed by atoms with E-state index in [0.717, 1.165) is 43.2 Å². The first kappa shape index (κ1) is 26.2. The van der Waals surface area contributed by atoms with E-state index in [-0.39, 0.29) is 23.6 Å². The Balaban J connectivity index is 1.29. The van der Waals surface area contributed by atoms with Crippen LogP contribution >= 0.6 is 11.6 Å². The van der Waals surface area contributed by atoms with Gasteiger partial charge in [-0.05, 0) is 92.8 Å². The molecule has 4 aromatic rings. The molecule has 198 valence electrons. The summed E-state index contributed by atoms with van der Waals surface area (Å²) in [7, 11) is 2.02. The second-order valence-electron chi connectivity index (χ2n) is 9.78. The number of rotatable bonds is 6.